The van der Waals surface area contributed by atoms with Crippen LogP contribution in [0, 0.1) is 5.82 Å². The van der Waals surface area contributed by atoms with Gasteiger partial charge in [0, 0.05) is 19.2 Å². The molecule has 1 aliphatic heterocycles. The molecule has 1 aromatic carbocycles. The minimum Gasteiger partial charge on any atom is -0.441 e. The van der Waals surface area contributed by atoms with Gasteiger partial charge in [0.05, 0.1) is 5.69 Å². The number of imide groups is 2. The molecule has 4 amide bonds. The van der Waals surface area contributed by atoms with Crippen molar-refractivity contribution in [3.63, 3.8) is 0 Å². The number of nitrogens with zero attached hydrogens (tertiary/aromatic N) is 2. The molecule has 0 spiro atoms. The number of furan rings is 1. The number of anilines is 2. The molecule has 7 nitrogen and oxygen atoms in total. The Hall–Kier alpha value is -3.42. The van der Waals surface area contributed by atoms with E-state index < -0.39 is 23.7 Å². The number of amides is 4. The van der Waals surface area contributed by atoms with E-state index in [1.807, 2.05) is 18.7 Å². The zero-order chi connectivity index (χ0) is 19.6. The van der Waals surface area contributed by atoms with Crippen LogP contribution in [0.3, 0.4) is 0 Å². The van der Waals surface area contributed by atoms with Gasteiger partial charge in [0.1, 0.15) is 17.2 Å². The molecular weight excluding hydrogens is 353 g/mol. The first-order valence-electron chi connectivity index (χ1n) is 8.46. The summed E-state index contributed by atoms with van der Waals surface area (Å²) in [7, 11) is 0. The highest BCUT2D eigenvalue weighted by atomic mass is 19.1. The third-order valence-corrected chi connectivity index (χ3v) is 4.14. The van der Waals surface area contributed by atoms with Crippen molar-refractivity contribution < 1.29 is 23.2 Å². The van der Waals surface area contributed by atoms with Crippen LogP contribution in [-0.2, 0) is 9.59 Å². The van der Waals surface area contributed by atoms with Crippen molar-refractivity contribution in [3.8, 4) is 0 Å². The molecular formula is C19H18FN3O4. The molecule has 1 aliphatic rings. The first-order chi connectivity index (χ1) is 12.9. The van der Waals surface area contributed by atoms with Gasteiger partial charge in [-0.25, -0.2) is 14.1 Å². The first-order valence-corrected chi connectivity index (χ1v) is 8.46. The van der Waals surface area contributed by atoms with E-state index >= 15 is 0 Å². The molecule has 0 atom stereocenters. The zero-order valence-corrected chi connectivity index (χ0v) is 14.9. The summed E-state index contributed by atoms with van der Waals surface area (Å²) in [5.41, 5.74) is -0.251. The number of nitrogens with one attached hydrogen (secondary N) is 1. The fraction of sp³-hybridized carbons (Fsp3) is 0.211. The minimum atomic E-state index is -0.934. The molecule has 0 saturated carbocycles. The van der Waals surface area contributed by atoms with Gasteiger partial charge in [-0.05, 0) is 44.2 Å². The molecule has 140 valence electrons. The maximum Gasteiger partial charge on any atom is 0.335 e. The van der Waals surface area contributed by atoms with Crippen molar-refractivity contribution in [1.82, 2.24) is 5.32 Å². The van der Waals surface area contributed by atoms with Crippen LogP contribution in [0.2, 0.25) is 0 Å². The summed E-state index contributed by atoms with van der Waals surface area (Å²) in [6.07, 6.45) is 1.27. The van der Waals surface area contributed by atoms with Crippen molar-refractivity contribution in [3.05, 3.63) is 53.5 Å². The van der Waals surface area contributed by atoms with Gasteiger partial charge < -0.3 is 9.32 Å². The molecule has 0 radical (unpaired) electrons. The highest BCUT2D eigenvalue weighted by Gasteiger charge is 2.37. The highest BCUT2D eigenvalue weighted by molar-refractivity contribution is 6.39. The van der Waals surface area contributed by atoms with Crippen LogP contribution in [0.15, 0.2) is 46.4 Å². The Bertz CT molecular complexity index is 931. The van der Waals surface area contributed by atoms with Gasteiger partial charge in [-0.15, -0.1) is 0 Å². The quantitative estimate of drug-likeness (QED) is 0.645. The second kappa shape index (κ2) is 7.45. The molecule has 2 aromatic rings. The van der Waals surface area contributed by atoms with Gasteiger partial charge >= 0.3 is 6.03 Å². The van der Waals surface area contributed by atoms with Crippen LogP contribution in [0.4, 0.5) is 20.8 Å². The fourth-order valence-corrected chi connectivity index (χ4v) is 2.77. The number of barbiturate groups is 1. The lowest BCUT2D eigenvalue weighted by Crippen LogP contribution is -2.54. The summed E-state index contributed by atoms with van der Waals surface area (Å²) in [6.45, 7) is 5.43. The lowest BCUT2D eigenvalue weighted by atomic mass is 10.1. The molecule has 0 unspecified atom stereocenters. The van der Waals surface area contributed by atoms with Gasteiger partial charge in [-0.3, -0.25) is 14.9 Å². The van der Waals surface area contributed by atoms with Gasteiger partial charge in [0.15, 0.2) is 5.88 Å². The summed E-state index contributed by atoms with van der Waals surface area (Å²) in [6, 6.07) is 7.43. The average Bonchev–Trinajstić information content (AvgIpc) is 3.08. The van der Waals surface area contributed by atoms with Crippen LogP contribution in [0.25, 0.3) is 6.08 Å². The Balaban J connectivity index is 1.95. The summed E-state index contributed by atoms with van der Waals surface area (Å²) in [5, 5.41) is 2.08. The molecule has 0 aliphatic carbocycles. The van der Waals surface area contributed by atoms with Crippen molar-refractivity contribution in [2.75, 3.05) is 22.9 Å². The number of rotatable bonds is 5. The second-order valence-electron chi connectivity index (χ2n) is 5.79. The van der Waals surface area contributed by atoms with Crippen molar-refractivity contribution in [2.24, 2.45) is 0 Å². The van der Waals surface area contributed by atoms with E-state index in [-0.39, 0.29) is 11.3 Å². The van der Waals surface area contributed by atoms with Crippen LogP contribution in [0.5, 0.6) is 0 Å². The largest absolute Gasteiger partial charge is 0.441 e. The third-order valence-electron chi connectivity index (χ3n) is 4.14. The van der Waals surface area contributed by atoms with E-state index in [9.17, 15) is 18.8 Å². The van der Waals surface area contributed by atoms with Crippen molar-refractivity contribution >= 4 is 35.5 Å². The summed E-state index contributed by atoms with van der Waals surface area (Å²) < 4.78 is 19.1. The topological polar surface area (TPSA) is 82.9 Å². The smallest absolute Gasteiger partial charge is 0.335 e. The normalized spacial score (nSPS) is 16.0. The number of halogens is 1. The summed E-state index contributed by atoms with van der Waals surface area (Å²) in [4.78, 5) is 39.6. The van der Waals surface area contributed by atoms with E-state index in [0.29, 0.717) is 16.5 Å². The lowest BCUT2D eigenvalue weighted by molar-refractivity contribution is -0.122. The molecule has 27 heavy (non-hydrogen) atoms. The van der Waals surface area contributed by atoms with Crippen LogP contribution in [0.1, 0.15) is 19.6 Å². The summed E-state index contributed by atoms with van der Waals surface area (Å²) >= 11 is 0. The fourth-order valence-electron chi connectivity index (χ4n) is 2.77. The predicted molar refractivity (Wildman–Crippen MR) is 97.7 cm³/mol. The van der Waals surface area contributed by atoms with Crippen molar-refractivity contribution in [2.45, 2.75) is 13.8 Å². The molecule has 2 heterocycles. The zero-order valence-electron chi connectivity index (χ0n) is 14.9. The monoisotopic (exact) mass is 371 g/mol. The van der Waals surface area contributed by atoms with Gasteiger partial charge in [-0.2, -0.15) is 0 Å². The second-order valence-corrected chi connectivity index (χ2v) is 5.79. The lowest BCUT2D eigenvalue weighted by Gasteiger charge is -2.26. The van der Waals surface area contributed by atoms with Crippen LogP contribution >= 0.6 is 0 Å². The van der Waals surface area contributed by atoms with E-state index in [0.717, 1.165) is 19.2 Å². The number of hydrogen-bond donors (Lipinski definition) is 1. The van der Waals surface area contributed by atoms with E-state index in [2.05, 4.69) is 5.32 Å². The molecule has 0 bridgehead atoms. The first kappa shape index (κ1) is 18.4. The number of carbonyl (C=O) groups is 3. The van der Waals surface area contributed by atoms with Gasteiger partial charge in [-0.1, -0.05) is 6.07 Å². The Kier molecular flexibility index (Phi) is 5.07. The molecule has 1 fully saturated rings. The highest BCUT2D eigenvalue weighted by Crippen LogP contribution is 2.24. The number of urea groups is 1. The Labute approximate surface area is 155 Å². The Morgan fingerprint density at radius 1 is 1.15 bits per heavy atom. The Morgan fingerprint density at radius 3 is 2.56 bits per heavy atom. The molecule has 1 N–H and O–H groups in total. The predicted octanol–water partition coefficient (Wildman–Crippen LogP) is 2.93. The standard InChI is InChI=1S/C19H18FN3O4/c1-3-22(4-2)16-9-8-14(27-16)11-15-17(24)21-19(26)23(18(15)25)13-7-5-6-12(20)10-13/h5-11H,3-4H2,1-2H3,(H,21,24,26)/b15-11-. The van der Waals surface area contributed by atoms with Gasteiger partial charge in [0.25, 0.3) is 11.8 Å². The molecule has 1 aromatic heterocycles. The minimum absolute atomic E-state index is 0.0270. The van der Waals surface area contributed by atoms with E-state index in [4.69, 9.17) is 4.42 Å². The molecule has 3 rings (SSSR count). The van der Waals surface area contributed by atoms with Gasteiger partial charge in [0.2, 0.25) is 0 Å². The third kappa shape index (κ3) is 3.59. The maximum absolute atomic E-state index is 13.5. The van der Waals surface area contributed by atoms with E-state index in [1.165, 1.54) is 24.3 Å². The number of carbonyl (C=O) groups excluding carboxylic acids is 3. The van der Waals surface area contributed by atoms with Crippen LogP contribution in [-0.4, -0.2) is 30.9 Å². The molecule has 8 heteroatoms. The summed E-state index contributed by atoms with van der Waals surface area (Å²) in [5.74, 6) is -1.39. The van der Waals surface area contributed by atoms with Crippen LogP contribution < -0.4 is 15.1 Å². The Morgan fingerprint density at radius 2 is 1.89 bits per heavy atom. The number of hydrogen-bond acceptors (Lipinski definition) is 5. The number of benzene rings is 1. The van der Waals surface area contributed by atoms with Crippen molar-refractivity contribution in [1.29, 1.82) is 0 Å². The van der Waals surface area contributed by atoms with E-state index in [1.54, 1.807) is 12.1 Å². The average molecular weight is 371 g/mol. The molecule has 1 saturated heterocycles. The SMILES string of the molecule is CCN(CC)c1ccc(/C=C2/C(=O)NC(=O)N(c3cccc(F)c3)C2=O)o1. The maximum atomic E-state index is 13.5.